The maximum absolute atomic E-state index is 7.38. The van der Waals surface area contributed by atoms with E-state index in [1.54, 1.807) is 0 Å². The van der Waals surface area contributed by atoms with Gasteiger partial charge in [-0.1, -0.05) is 19.3 Å². The highest BCUT2D eigenvalue weighted by atomic mass is 15.3. The lowest BCUT2D eigenvalue weighted by Gasteiger charge is -2.25. The quantitative estimate of drug-likeness (QED) is 0.599. The lowest BCUT2D eigenvalue weighted by atomic mass is 9.96. The van der Waals surface area contributed by atoms with Crippen molar-refractivity contribution >= 4 is 5.84 Å². The summed E-state index contributed by atoms with van der Waals surface area (Å²) in [5.41, 5.74) is 6.60. The van der Waals surface area contributed by atoms with E-state index in [1.165, 1.54) is 32.1 Å². The molecule has 1 aromatic heterocycles. The highest BCUT2D eigenvalue weighted by Crippen LogP contribution is 2.27. The molecule has 0 unspecified atom stereocenters. The van der Waals surface area contributed by atoms with Crippen molar-refractivity contribution in [3.63, 3.8) is 0 Å². The number of aromatic nitrogens is 2. The van der Waals surface area contributed by atoms with Crippen LogP contribution >= 0.6 is 0 Å². The first-order valence-electron chi connectivity index (χ1n) is 8.17. The summed E-state index contributed by atoms with van der Waals surface area (Å²) in [4.78, 5) is 2.33. The van der Waals surface area contributed by atoms with Gasteiger partial charge in [0, 0.05) is 31.7 Å². The van der Waals surface area contributed by atoms with Crippen molar-refractivity contribution < 1.29 is 0 Å². The van der Waals surface area contributed by atoms with Gasteiger partial charge in [-0.3, -0.25) is 15.0 Å². The summed E-state index contributed by atoms with van der Waals surface area (Å²) in [6.45, 7) is 6.02. The SMILES string of the molecule is CC(C)N(CCC(=N)N)Cc1ccn(C2CCCCC2)n1. The molecular weight excluding hydrogens is 262 g/mol. The molecule has 5 nitrogen and oxygen atoms in total. The fourth-order valence-electron chi connectivity index (χ4n) is 3.00. The van der Waals surface area contributed by atoms with Gasteiger partial charge in [0.2, 0.25) is 0 Å². The van der Waals surface area contributed by atoms with Gasteiger partial charge < -0.3 is 5.73 Å². The van der Waals surface area contributed by atoms with E-state index < -0.39 is 0 Å². The summed E-state index contributed by atoms with van der Waals surface area (Å²) in [6.07, 6.45) is 9.32. The Balaban J connectivity index is 1.94. The van der Waals surface area contributed by atoms with E-state index in [1.807, 2.05) is 0 Å². The first kappa shape index (κ1) is 16.0. The minimum Gasteiger partial charge on any atom is -0.388 e. The molecule has 1 aliphatic carbocycles. The molecule has 118 valence electrons. The van der Waals surface area contributed by atoms with Crippen molar-refractivity contribution in [3.8, 4) is 0 Å². The number of rotatable bonds is 7. The van der Waals surface area contributed by atoms with Crippen LogP contribution in [0.3, 0.4) is 0 Å². The Hall–Kier alpha value is -1.36. The molecule has 3 N–H and O–H groups in total. The Morgan fingerprint density at radius 1 is 1.43 bits per heavy atom. The Morgan fingerprint density at radius 2 is 2.14 bits per heavy atom. The van der Waals surface area contributed by atoms with E-state index in [0.717, 1.165) is 18.8 Å². The molecular formula is C16H29N5. The number of nitrogens with two attached hydrogens (primary N) is 1. The van der Waals surface area contributed by atoms with Gasteiger partial charge in [0.05, 0.1) is 17.6 Å². The number of amidine groups is 1. The monoisotopic (exact) mass is 291 g/mol. The van der Waals surface area contributed by atoms with Crippen LogP contribution in [0.15, 0.2) is 12.3 Å². The van der Waals surface area contributed by atoms with E-state index in [0.29, 0.717) is 18.5 Å². The highest BCUT2D eigenvalue weighted by Gasteiger charge is 2.17. The minimum atomic E-state index is 0.258. The van der Waals surface area contributed by atoms with Gasteiger partial charge in [-0.05, 0) is 32.8 Å². The van der Waals surface area contributed by atoms with Crippen molar-refractivity contribution in [1.29, 1.82) is 5.41 Å². The molecule has 0 saturated heterocycles. The summed E-state index contributed by atoms with van der Waals surface area (Å²) < 4.78 is 2.16. The lowest BCUT2D eigenvalue weighted by Crippen LogP contribution is -2.33. The van der Waals surface area contributed by atoms with Crippen LogP contribution in [0.2, 0.25) is 0 Å². The van der Waals surface area contributed by atoms with Crippen LogP contribution in [0.1, 0.15) is 64.1 Å². The zero-order valence-corrected chi connectivity index (χ0v) is 13.4. The van der Waals surface area contributed by atoms with Gasteiger partial charge in [-0.2, -0.15) is 5.10 Å². The summed E-state index contributed by atoms with van der Waals surface area (Å²) in [7, 11) is 0. The van der Waals surface area contributed by atoms with Crippen molar-refractivity contribution in [3.05, 3.63) is 18.0 Å². The van der Waals surface area contributed by atoms with Gasteiger partial charge in [0.15, 0.2) is 0 Å². The normalized spacial score (nSPS) is 16.8. The second-order valence-corrected chi connectivity index (χ2v) is 6.42. The molecule has 1 aliphatic rings. The minimum absolute atomic E-state index is 0.258. The Morgan fingerprint density at radius 3 is 2.76 bits per heavy atom. The molecule has 0 aliphatic heterocycles. The topological polar surface area (TPSA) is 70.9 Å². The highest BCUT2D eigenvalue weighted by molar-refractivity contribution is 5.76. The van der Waals surface area contributed by atoms with Gasteiger partial charge in [-0.15, -0.1) is 0 Å². The van der Waals surface area contributed by atoms with Gasteiger partial charge in [-0.25, -0.2) is 0 Å². The van der Waals surface area contributed by atoms with Gasteiger partial charge in [0.1, 0.15) is 0 Å². The zero-order valence-electron chi connectivity index (χ0n) is 13.4. The molecule has 1 fully saturated rings. The van der Waals surface area contributed by atoms with E-state index in [4.69, 9.17) is 16.2 Å². The van der Waals surface area contributed by atoms with E-state index in [-0.39, 0.29) is 5.84 Å². The smallest absolute Gasteiger partial charge is 0.0918 e. The van der Waals surface area contributed by atoms with Crippen LogP contribution in [0, 0.1) is 5.41 Å². The van der Waals surface area contributed by atoms with Crippen molar-refractivity contribution in [1.82, 2.24) is 14.7 Å². The molecule has 0 bridgehead atoms. The second-order valence-electron chi connectivity index (χ2n) is 6.42. The van der Waals surface area contributed by atoms with Gasteiger partial charge in [0.25, 0.3) is 0 Å². The molecule has 0 radical (unpaired) electrons. The third-order valence-electron chi connectivity index (χ3n) is 4.38. The molecule has 1 aromatic rings. The van der Waals surface area contributed by atoms with Crippen LogP contribution < -0.4 is 5.73 Å². The second kappa shape index (κ2) is 7.59. The Kier molecular flexibility index (Phi) is 5.79. The van der Waals surface area contributed by atoms with Crippen LogP contribution in [0.4, 0.5) is 0 Å². The molecule has 0 atom stereocenters. The standard InChI is InChI=1S/C16H29N5/c1-13(2)20(10-9-16(17)18)12-14-8-11-21(19-14)15-6-4-3-5-7-15/h8,11,13,15H,3-7,9-10,12H2,1-2H3,(H3,17,18). The number of nitrogens with one attached hydrogen (secondary N) is 1. The predicted octanol–water partition coefficient (Wildman–Crippen LogP) is 2.92. The summed E-state index contributed by atoms with van der Waals surface area (Å²) in [5.74, 6) is 0.258. The lowest BCUT2D eigenvalue weighted by molar-refractivity contribution is 0.214. The average Bonchev–Trinajstić information content (AvgIpc) is 2.92. The zero-order chi connectivity index (χ0) is 15.2. The first-order valence-corrected chi connectivity index (χ1v) is 8.17. The molecule has 5 heteroatoms. The van der Waals surface area contributed by atoms with Crippen molar-refractivity contribution in [2.24, 2.45) is 5.73 Å². The largest absolute Gasteiger partial charge is 0.388 e. The van der Waals surface area contributed by atoms with Crippen LogP contribution in [-0.4, -0.2) is 33.1 Å². The fraction of sp³-hybridized carbons (Fsp3) is 0.750. The van der Waals surface area contributed by atoms with E-state index >= 15 is 0 Å². The molecule has 0 aromatic carbocycles. The Labute approximate surface area is 128 Å². The average molecular weight is 291 g/mol. The molecule has 2 rings (SSSR count). The number of nitrogens with zero attached hydrogens (tertiary/aromatic N) is 3. The van der Waals surface area contributed by atoms with Crippen molar-refractivity contribution in [2.75, 3.05) is 6.54 Å². The van der Waals surface area contributed by atoms with E-state index in [2.05, 4.69) is 35.7 Å². The molecule has 1 heterocycles. The van der Waals surface area contributed by atoms with Crippen LogP contribution in [-0.2, 0) is 6.54 Å². The molecule has 21 heavy (non-hydrogen) atoms. The van der Waals surface area contributed by atoms with Crippen molar-refractivity contribution in [2.45, 2.75) is 71.0 Å². The molecule has 1 saturated carbocycles. The maximum atomic E-state index is 7.38. The van der Waals surface area contributed by atoms with Gasteiger partial charge >= 0.3 is 0 Å². The summed E-state index contributed by atoms with van der Waals surface area (Å²) in [6, 6.07) is 3.17. The van der Waals surface area contributed by atoms with Crippen LogP contribution in [0.25, 0.3) is 0 Å². The third kappa shape index (κ3) is 4.84. The fourth-order valence-corrected chi connectivity index (χ4v) is 3.00. The van der Waals surface area contributed by atoms with E-state index in [9.17, 15) is 0 Å². The third-order valence-corrected chi connectivity index (χ3v) is 4.38. The van der Waals surface area contributed by atoms with Crippen LogP contribution in [0.5, 0.6) is 0 Å². The Bertz CT molecular complexity index is 445. The molecule has 0 amide bonds. The maximum Gasteiger partial charge on any atom is 0.0918 e. The predicted molar refractivity (Wildman–Crippen MR) is 86.4 cm³/mol. The number of hydrogen-bond donors (Lipinski definition) is 2. The summed E-state index contributed by atoms with van der Waals surface area (Å²) in [5, 5.41) is 12.2. The molecule has 0 spiro atoms. The summed E-state index contributed by atoms with van der Waals surface area (Å²) >= 11 is 0. The number of hydrogen-bond acceptors (Lipinski definition) is 3. The first-order chi connectivity index (χ1) is 10.1.